The van der Waals surface area contributed by atoms with E-state index in [0.717, 1.165) is 5.69 Å². The molecule has 1 aliphatic rings. The van der Waals surface area contributed by atoms with E-state index in [9.17, 15) is 9.59 Å². The van der Waals surface area contributed by atoms with Crippen molar-refractivity contribution < 1.29 is 19.4 Å². The first kappa shape index (κ1) is 15.2. The van der Waals surface area contributed by atoms with Crippen molar-refractivity contribution in [1.29, 1.82) is 0 Å². The zero-order valence-corrected chi connectivity index (χ0v) is 11.8. The number of aryl methyl sites for hydroxylation is 1. The number of hydrogen-bond donors (Lipinski definition) is 2. The Labute approximate surface area is 122 Å². The number of nitrogens with zero attached hydrogens (tertiary/aromatic N) is 3. The summed E-state index contributed by atoms with van der Waals surface area (Å²) in [5.41, 5.74) is 1.49. The van der Waals surface area contributed by atoms with E-state index in [1.165, 1.54) is 0 Å². The summed E-state index contributed by atoms with van der Waals surface area (Å²) in [6.45, 7) is 3.19. The van der Waals surface area contributed by atoms with Crippen LogP contribution >= 0.6 is 0 Å². The first-order chi connectivity index (χ1) is 10.0. The van der Waals surface area contributed by atoms with E-state index in [2.05, 4.69) is 15.3 Å². The van der Waals surface area contributed by atoms with E-state index in [1.807, 2.05) is 6.92 Å². The van der Waals surface area contributed by atoms with Crippen LogP contribution in [0.3, 0.4) is 0 Å². The Morgan fingerprint density at radius 2 is 2.29 bits per heavy atom. The number of carbonyl (C=O) groups is 2. The number of rotatable bonds is 4. The average molecular weight is 294 g/mol. The van der Waals surface area contributed by atoms with Gasteiger partial charge in [0.05, 0.1) is 43.3 Å². The van der Waals surface area contributed by atoms with Crippen molar-refractivity contribution in [3.63, 3.8) is 0 Å². The summed E-state index contributed by atoms with van der Waals surface area (Å²) in [7, 11) is 0. The Bertz CT molecular complexity index is 505. The average Bonchev–Trinajstić information content (AvgIpc) is 2.46. The van der Waals surface area contributed by atoms with Crippen LogP contribution < -0.4 is 5.32 Å². The molecule has 0 radical (unpaired) electrons. The number of hydrogen-bond acceptors (Lipinski definition) is 5. The Hall–Kier alpha value is -2.22. The molecule has 0 aliphatic carbocycles. The molecule has 1 aliphatic heterocycles. The lowest BCUT2D eigenvalue weighted by molar-refractivity contribution is -0.141. The molecule has 0 bridgehead atoms. The van der Waals surface area contributed by atoms with Crippen LogP contribution in [0.25, 0.3) is 0 Å². The molecule has 1 fully saturated rings. The maximum Gasteiger partial charge on any atom is 0.317 e. The van der Waals surface area contributed by atoms with E-state index < -0.39 is 12.1 Å². The van der Waals surface area contributed by atoms with Gasteiger partial charge in [0.25, 0.3) is 0 Å². The third-order valence-electron chi connectivity index (χ3n) is 3.08. The molecule has 1 aromatic rings. The van der Waals surface area contributed by atoms with E-state index in [1.54, 1.807) is 17.3 Å². The van der Waals surface area contributed by atoms with Crippen molar-refractivity contribution in [2.75, 3.05) is 19.7 Å². The molecule has 21 heavy (non-hydrogen) atoms. The van der Waals surface area contributed by atoms with Gasteiger partial charge in [-0.3, -0.25) is 14.8 Å². The number of aliphatic carboxylic acids is 1. The molecule has 8 nitrogen and oxygen atoms in total. The number of morpholine rings is 1. The Morgan fingerprint density at radius 3 is 2.95 bits per heavy atom. The van der Waals surface area contributed by atoms with E-state index in [4.69, 9.17) is 9.84 Å². The first-order valence-corrected chi connectivity index (χ1v) is 6.68. The molecular weight excluding hydrogens is 276 g/mol. The number of carboxylic acid groups (broad SMARTS) is 1. The van der Waals surface area contributed by atoms with Crippen LogP contribution in [-0.2, 0) is 16.1 Å². The zero-order chi connectivity index (χ0) is 15.2. The second-order valence-corrected chi connectivity index (χ2v) is 4.84. The van der Waals surface area contributed by atoms with Gasteiger partial charge in [0.2, 0.25) is 0 Å². The highest BCUT2D eigenvalue weighted by Gasteiger charge is 2.25. The SMILES string of the molecule is Cc1cnc(CNC(=O)N2CCOC(CC(=O)O)C2)cn1. The van der Waals surface area contributed by atoms with Gasteiger partial charge in [-0.05, 0) is 6.92 Å². The lowest BCUT2D eigenvalue weighted by Crippen LogP contribution is -2.49. The number of amides is 2. The van der Waals surface area contributed by atoms with Gasteiger partial charge in [-0.1, -0.05) is 0 Å². The molecular formula is C13H18N4O4. The van der Waals surface area contributed by atoms with Gasteiger partial charge >= 0.3 is 12.0 Å². The standard InChI is InChI=1S/C13H18N4O4/c1-9-5-15-10(6-14-9)7-16-13(20)17-2-3-21-11(8-17)4-12(18)19/h5-6,11H,2-4,7-8H2,1H3,(H,16,20)(H,18,19). The molecule has 0 saturated carbocycles. The summed E-state index contributed by atoms with van der Waals surface area (Å²) >= 11 is 0. The molecule has 2 heterocycles. The molecule has 0 spiro atoms. The molecule has 1 saturated heterocycles. The highest BCUT2D eigenvalue weighted by molar-refractivity contribution is 5.74. The third kappa shape index (κ3) is 4.67. The van der Waals surface area contributed by atoms with Gasteiger partial charge in [0.15, 0.2) is 0 Å². The van der Waals surface area contributed by atoms with Crippen molar-refractivity contribution in [2.24, 2.45) is 0 Å². The molecule has 0 aromatic carbocycles. The fraction of sp³-hybridized carbons (Fsp3) is 0.538. The molecule has 2 N–H and O–H groups in total. The third-order valence-corrected chi connectivity index (χ3v) is 3.08. The van der Waals surface area contributed by atoms with Crippen LogP contribution in [0, 0.1) is 6.92 Å². The summed E-state index contributed by atoms with van der Waals surface area (Å²) in [6.07, 6.45) is 2.69. The van der Waals surface area contributed by atoms with Crippen molar-refractivity contribution in [1.82, 2.24) is 20.2 Å². The number of aromatic nitrogens is 2. The van der Waals surface area contributed by atoms with Crippen LogP contribution in [0.5, 0.6) is 0 Å². The normalized spacial score (nSPS) is 18.3. The summed E-state index contributed by atoms with van der Waals surface area (Å²) in [5.74, 6) is -0.933. The monoisotopic (exact) mass is 294 g/mol. The number of carboxylic acids is 1. The summed E-state index contributed by atoms with van der Waals surface area (Å²) in [6, 6.07) is -0.254. The van der Waals surface area contributed by atoms with Gasteiger partial charge in [-0.2, -0.15) is 0 Å². The van der Waals surface area contributed by atoms with Crippen molar-refractivity contribution in [3.8, 4) is 0 Å². The van der Waals surface area contributed by atoms with Crippen LogP contribution in [0.2, 0.25) is 0 Å². The predicted molar refractivity (Wildman–Crippen MR) is 72.6 cm³/mol. The van der Waals surface area contributed by atoms with Gasteiger partial charge in [0, 0.05) is 19.3 Å². The van der Waals surface area contributed by atoms with Crippen molar-refractivity contribution >= 4 is 12.0 Å². The van der Waals surface area contributed by atoms with Crippen LogP contribution in [0.4, 0.5) is 4.79 Å². The highest BCUT2D eigenvalue weighted by atomic mass is 16.5. The maximum atomic E-state index is 12.0. The second-order valence-electron chi connectivity index (χ2n) is 4.84. The quantitative estimate of drug-likeness (QED) is 0.820. The molecule has 2 amide bonds. The molecule has 1 unspecified atom stereocenters. The number of ether oxygens (including phenoxy) is 1. The lowest BCUT2D eigenvalue weighted by Gasteiger charge is -2.32. The van der Waals surface area contributed by atoms with Crippen molar-refractivity contribution in [3.05, 3.63) is 23.8 Å². The molecule has 8 heteroatoms. The molecule has 114 valence electrons. The number of urea groups is 1. The number of carbonyl (C=O) groups excluding carboxylic acids is 1. The Morgan fingerprint density at radius 1 is 1.48 bits per heavy atom. The molecule has 1 atom stereocenters. The van der Waals surface area contributed by atoms with E-state index >= 15 is 0 Å². The molecule has 2 rings (SSSR count). The minimum atomic E-state index is -0.933. The Kier molecular flexibility index (Phi) is 5.04. The van der Waals surface area contributed by atoms with Crippen LogP contribution in [-0.4, -0.2) is 57.8 Å². The van der Waals surface area contributed by atoms with E-state index in [-0.39, 0.29) is 25.5 Å². The zero-order valence-electron chi connectivity index (χ0n) is 11.8. The highest BCUT2D eigenvalue weighted by Crippen LogP contribution is 2.09. The van der Waals surface area contributed by atoms with Gasteiger partial charge in [-0.15, -0.1) is 0 Å². The fourth-order valence-corrected chi connectivity index (χ4v) is 2.01. The predicted octanol–water partition coefficient (Wildman–Crippen LogP) is 0.170. The van der Waals surface area contributed by atoms with E-state index in [0.29, 0.717) is 18.8 Å². The second kappa shape index (κ2) is 6.98. The summed E-state index contributed by atoms with van der Waals surface area (Å²) in [5, 5.41) is 11.5. The van der Waals surface area contributed by atoms with Gasteiger partial charge in [-0.25, -0.2) is 4.79 Å². The summed E-state index contributed by atoms with van der Waals surface area (Å²) < 4.78 is 5.32. The number of nitrogens with one attached hydrogen (secondary N) is 1. The summed E-state index contributed by atoms with van der Waals surface area (Å²) in [4.78, 5) is 32.5. The van der Waals surface area contributed by atoms with Crippen LogP contribution in [0.15, 0.2) is 12.4 Å². The van der Waals surface area contributed by atoms with Crippen molar-refractivity contribution in [2.45, 2.75) is 26.0 Å². The largest absolute Gasteiger partial charge is 0.481 e. The van der Waals surface area contributed by atoms with Crippen LogP contribution in [0.1, 0.15) is 17.8 Å². The maximum absolute atomic E-state index is 12.0. The minimum absolute atomic E-state index is 0.104. The minimum Gasteiger partial charge on any atom is -0.481 e. The smallest absolute Gasteiger partial charge is 0.317 e. The van der Waals surface area contributed by atoms with Gasteiger partial charge in [0.1, 0.15) is 0 Å². The first-order valence-electron chi connectivity index (χ1n) is 6.68. The topological polar surface area (TPSA) is 105 Å². The molecule has 1 aromatic heterocycles. The van der Waals surface area contributed by atoms with Gasteiger partial charge < -0.3 is 20.1 Å². The fourth-order valence-electron chi connectivity index (χ4n) is 2.01. The Balaban J connectivity index is 1.82. The lowest BCUT2D eigenvalue weighted by atomic mass is 10.2.